The summed E-state index contributed by atoms with van der Waals surface area (Å²) in [6.07, 6.45) is 2.82. The number of nitrogens with zero attached hydrogens (tertiary/aromatic N) is 3. The van der Waals surface area contributed by atoms with E-state index in [9.17, 15) is 0 Å². The standard InChI is InChI=1S/C10H15N3O/c1-8-2-4-11-10(12-8)13-5-3-9(6-13)7-14/h2,4,9,14H,3,5-7H2,1H3/t9-/m0/s1. The summed E-state index contributed by atoms with van der Waals surface area (Å²) in [7, 11) is 0. The molecule has 1 aromatic rings. The van der Waals surface area contributed by atoms with E-state index in [2.05, 4.69) is 14.9 Å². The van der Waals surface area contributed by atoms with E-state index in [0.717, 1.165) is 31.2 Å². The van der Waals surface area contributed by atoms with Crippen LogP contribution in [0.2, 0.25) is 0 Å². The van der Waals surface area contributed by atoms with Crippen molar-refractivity contribution in [2.45, 2.75) is 13.3 Å². The Bertz CT molecular complexity index is 316. The van der Waals surface area contributed by atoms with E-state index < -0.39 is 0 Å². The van der Waals surface area contributed by atoms with E-state index in [1.54, 1.807) is 6.20 Å². The molecule has 0 radical (unpaired) electrons. The van der Waals surface area contributed by atoms with Gasteiger partial charge in [-0.2, -0.15) is 0 Å². The van der Waals surface area contributed by atoms with Gasteiger partial charge in [-0.1, -0.05) is 0 Å². The lowest BCUT2D eigenvalue weighted by Gasteiger charge is -2.15. The zero-order valence-electron chi connectivity index (χ0n) is 8.35. The lowest BCUT2D eigenvalue weighted by Crippen LogP contribution is -2.22. The average molecular weight is 193 g/mol. The lowest BCUT2D eigenvalue weighted by atomic mass is 10.1. The number of rotatable bonds is 2. The summed E-state index contributed by atoms with van der Waals surface area (Å²) < 4.78 is 0. The highest BCUT2D eigenvalue weighted by molar-refractivity contribution is 5.31. The fraction of sp³-hybridized carbons (Fsp3) is 0.600. The maximum Gasteiger partial charge on any atom is 0.225 e. The van der Waals surface area contributed by atoms with E-state index in [-0.39, 0.29) is 6.61 Å². The molecular formula is C10H15N3O. The summed E-state index contributed by atoms with van der Waals surface area (Å²) in [6.45, 7) is 4.06. The van der Waals surface area contributed by atoms with Crippen LogP contribution in [0, 0.1) is 12.8 Å². The van der Waals surface area contributed by atoms with Gasteiger partial charge in [0.25, 0.3) is 0 Å². The smallest absolute Gasteiger partial charge is 0.225 e. The zero-order chi connectivity index (χ0) is 9.97. The van der Waals surface area contributed by atoms with Crippen LogP contribution in [0.5, 0.6) is 0 Å². The molecule has 4 nitrogen and oxygen atoms in total. The van der Waals surface area contributed by atoms with Crippen LogP contribution in [-0.2, 0) is 0 Å². The van der Waals surface area contributed by atoms with Gasteiger partial charge in [0, 0.05) is 37.5 Å². The van der Waals surface area contributed by atoms with E-state index in [1.165, 1.54) is 0 Å². The SMILES string of the molecule is Cc1ccnc(N2CC[C@H](CO)C2)n1. The van der Waals surface area contributed by atoms with Gasteiger partial charge in [0.05, 0.1) is 0 Å². The molecule has 14 heavy (non-hydrogen) atoms. The Kier molecular flexibility index (Phi) is 2.63. The number of aliphatic hydroxyl groups excluding tert-OH is 1. The second-order valence-electron chi connectivity index (χ2n) is 3.78. The van der Waals surface area contributed by atoms with E-state index >= 15 is 0 Å². The number of hydrogen-bond acceptors (Lipinski definition) is 4. The molecule has 0 bridgehead atoms. The molecule has 0 aliphatic carbocycles. The summed E-state index contributed by atoms with van der Waals surface area (Å²) >= 11 is 0. The second-order valence-corrected chi connectivity index (χ2v) is 3.78. The van der Waals surface area contributed by atoms with Crippen molar-refractivity contribution in [3.8, 4) is 0 Å². The number of anilines is 1. The molecule has 0 amide bonds. The topological polar surface area (TPSA) is 49.2 Å². The summed E-state index contributed by atoms with van der Waals surface area (Å²) in [6, 6.07) is 1.89. The molecular weight excluding hydrogens is 178 g/mol. The number of aromatic nitrogens is 2. The Morgan fingerprint density at radius 3 is 3.14 bits per heavy atom. The Balaban J connectivity index is 2.09. The monoisotopic (exact) mass is 193 g/mol. The van der Waals surface area contributed by atoms with Crippen molar-refractivity contribution in [1.29, 1.82) is 0 Å². The fourth-order valence-electron chi connectivity index (χ4n) is 1.75. The van der Waals surface area contributed by atoms with Crippen molar-refractivity contribution in [2.75, 3.05) is 24.6 Å². The Labute approximate surface area is 83.6 Å². The van der Waals surface area contributed by atoms with Crippen LogP contribution in [0.4, 0.5) is 5.95 Å². The minimum absolute atomic E-state index is 0.266. The highest BCUT2D eigenvalue weighted by atomic mass is 16.3. The van der Waals surface area contributed by atoms with Crippen LogP contribution < -0.4 is 4.90 Å². The normalized spacial score (nSPS) is 21.6. The molecule has 0 unspecified atom stereocenters. The number of aryl methyl sites for hydroxylation is 1. The largest absolute Gasteiger partial charge is 0.396 e. The fourth-order valence-corrected chi connectivity index (χ4v) is 1.75. The minimum atomic E-state index is 0.266. The van der Waals surface area contributed by atoms with Crippen LogP contribution in [0.15, 0.2) is 12.3 Å². The van der Waals surface area contributed by atoms with Crippen molar-refractivity contribution in [3.05, 3.63) is 18.0 Å². The van der Waals surface area contributed by atoms with E-state index in [0.29, 0.717) is 5.92 Å². The Morgan fingerprint density at radius 2 is 2.50 bits per heavy atom. The maximum atomic E-state index is 9.02. The molecule has 1 N–H and O–H groups in total. The quantitative estimate of drug-likeness (QED) is 0.747. The summed E-state index contributed by atoms with van der Waals surface area (Å²) in [5.41, 5.74) is 0.988. The van der Waals surface area contributed by atoms with Gasteiger partial charge in [-0.25, -0.2) is 9.97 Å². The molecule has 1 fully saturated rings. The minimum Gasteiger partial charge on any atom is -0.396 e. The third-order valence-corrected chi connectivity index (χ3v) is 2.61. The molecule has 1 aromatic heterocycles. The molecule has 1 atom stereocenters. The highest BCUT2D eigenvalue weighted by Gasteiger charge is 2.23. The molecule has 0 aromatic carbocycles. The van der Waals surface area contributed by atoms with Crippen molar-refractivity contribution in [3.63, 3.8) is 0 Å². The predicted octanol–water partition coefficient (Wildman–Crippen LogP) is 0.604. The third kappa shape index (κ3) is 1.85. The molecule has 2 rings (SSSR count). The van der Waals surface area contributed by atoms with E-state index in [1.807, 2.05) is 13.0 Å². The van der Waals surface area contributed by atoms with Gasteiger partial charge in [0.1, 0.15) is 0 Å². The van der Waals surface area contributed by atoms with Gasteiger partial charge in [-0.05, 0) is 19.4 Å². The first kappa shape index (κ1) is 9.40. The van der Waals surface area contributed by atoms with E-state index in [4.69, 9.17) is 5.11 Å². The van der Waals surface area contributed by atoms with Gasteiger partial charge in [-0.3, -0.25) is 0 Å². The van der Waals surface area contributed by atoms with Gasteiger partial charge >= 0.3 is 0 Å². The molecule has 0 saturated carbocycles. The first-order valence-corrected chi connectivity index (χ1v) is 4.95. The van der Waals surface area contributed by atoms with Crippen LogP contribution in [0.3, 0.4) is 0 Å². The lowest BCUT2D eigenvalue weighted by molar-refractivity contribution is 0.238. The Hall–Kier alpha value is -1.16. The van der Waals surface area contributed by atoms with Crippen LogP contribution in [0.1, 0.15) is 12.1 Å². The molecule has 4 heteroatoms. The summed E-state index contributed by atoms with van der Waals surface area (Å²) in [4.78, 5) is 10.7. The maximum absolute atomic E-state index is 9.02. The van der Waals surface area contributed by atoms with Crippen molar-refractivity contribution in [2.24, 2.45) is 5.92 Å². The average Bonchev–Trinajstić information content (AvgIpc) is 2.66. The van der Waals surface area contributed by atoms with Crippen molar-refractivity contribution in [1.82, 2.24) is 9.97 Å². The Morgan fingerprint density at radius 1 is 1.64 bits per heavy atom. The van der Waals surface area contributed by atoms with Crippen molar-refractivity contribution >= 4 is 5.95 Å². The first-order chi connectivity index (χ1) is 6.79. The van der Waals surface area contributed by atoms with Crippen molar-refractivity contribution < 1.29 is 5.11 Å². The molecule has 1 aliphatic rings. The predicted molar refractivity (Wildman–Crippen MR) is 54.2 cm³/mol. The van der Waals surface area contributed by atoms with Crippen LogP contribution in [-0.4, -0.2) is 34.8 Å². The van der Waals surface area contributed by atoms with Gasteiger partial charge in [0.2, 0.25) is 5.95 Å². The van der Waals surface area contributed by atoms with Gasteiger partial charge in [-0.15, -0.1) is 0 Å². The molecule has 1 aliphatic heterocycles. The van der Waals surface area contributed by atoms with Crippen LogP contribution >= 0.6 is 0 Å². The molecule has 0 spiro atoms. The highest BCUT2D eigenvalue weighted by Crippen LogP contribution is 2.19. The van der Waals surface area contributed by atoms with Gasteiger partial charge in [0.15, 0.2) is 0 Å². The number of aliphatic hydroxyl groups is 1. The molecule has 76 valence electrons. The first-order valence-electron chi connectivity index (χ1n) is 4.95. The molecule has 2 heterocycles. The van der Waals surface area contributed by atoms with Crippen LogP contribution in [0.25, 0.3) is 0 Å². The zero-order valence-corrected chi connectivity index (χ0v) is 8.35. The third-order valence-electron chi connectivity index (χ3n) is 2.61. The van der Waals surface area contributed by atoms with Gasteiger partial charge < -0.3 is 10.0 Å². The second kappa shape index (κ2) is 3.92. The summed E-state index contributed by atoms with van der Waals surface area (Å²) in [5, 5.41) is 9.02. The number of hydrogen-bond donors (Lipinski definition) is 1. The molecule has 1 saturated heterocycles. The summed E-state index contributed by atoms with van der Waals surface area (Å²) in [5.74, 6) is 1.18.